The summed E-state index contributed by atoms with van der Waals surface area (Å²) in [6.45, 7) is 1.32. The van der Waals surface area contributed by atoms with Crippen molar-refractivity contribution in [3.8, 4) is 17.4 Å². The van der Waals surface area contributed by atoms with Gasteiger partial charge in [0.05, 0.1) is 23.3 Å². The van der Waals surface area contributed by atoms with E-state index in [1.807, 2.05) is 6.07 Å². The third kappa shape index (κ3) is 12.8. The van der Waals surface area contributed by atoms with Gasteiger partial charge in [-0.1, -0.05) is 80.8 Å². The van der Waals surface area contributed by atoms with E-state index in [2.05, 4.69) is 10.1 Å². The lowest BCUT2D eigenvalue weighted by Crippen LogP contribution is -2.04. The van der Waals surface area contributed by atoms with Crippen LogP contribution in [0, 0.1) is 0 Å². The van der Waals surface area contributed by atoms with Crippen LogP contribution in [0.4, 0.5) is 0 Å². The topological polar surface area (TPSA) is 62.2 Å². The molecular weight excluding hydrogens is 581 g/mol. The van der Waals surface area contributed by atoms with Gasteiger partial charge >= 0.3 is 0 Å². The number of hydrogen-bond acceptors (Lipinski definition) is 6. The van der Waals surface area contributed by atoms with E-state index in [4.69, 9.17) is 88.7 Å². The van der Waals surface area contributed by atoms with E-state index >= 15 is 0 Å². The highest BCUT2D eigenvalue weighted by Gasteiger charge is 2.10. The summed E-state index contributed by atoms with van der Waals surface area (Å²) in [7, 11) is 0. The third-order valence-electron chi connectivity index (χ3n) is 4.08. The predicted molar refractivity (Wildman–Crippen MR) is 144 cm³/mol. The Morgan fingerprint density at radius 2 is 1.51 bits per heavy atom. The number of pyridine rings is 1. The highest BCUT2D eigenvalue weighted by Crippen LogP contribution is 2.37. The summed E-state index contributed by atoms with van der Waals surface area (Å²) in [4.78, 5) is 9.26. The number of unbranched alkanes of at least 4 members (excludes halogenated alkanes) is 1. The summed E-state index contributed by atoms with van der Waals surface area (Å²) in [6.07, 6.45) is 8.42. The van der Waals surface area contributed by atoms with Crippen LogP contribution < -0.4 is 14.2 Å². The van der Waals surface area contributed by atoms with Gasteiger partial charge in [-0.2, -0.15) is 0 Å². The Balaban J connectivity index is 1.65. The van der Waals surface area contributed by atoms with Crippen molar-refractivity contribution >= 4 is 75.8 Å². The van der Waals surface area contributed by atoms with Crippen LogP contribution in [0.25, 0.3) is 0 Å². The van der Waals surface area contributed by atoms with Gasteiger partial charge in [-0.25, -0.2) is 4.98 Å². The first kappa shape index (κ1) is 29.7. The average molecular weight is 603 g/mol. The van der Waals surface area contributed by atoms with Crippen LogP contribution in [0.3, 0.4) is 0 Å². The third-order valence-corrected chi connectivity index (χ3v) is 5.26. The average Bonchev–Trinajstić information content (AvgIpc) is 2.80. The fraction of sp³-hybridized carbons (Fsp3) is 0.304. The first-order chi connectivity index (χ1) is 16.8. The van der Waals surface area contributed by atoms with Gasteiger partial charge in [-0.15, -0.1) is 0 Å². The molecule has 0 aliphatic rings. The van der Waals surface area contributed by atoms with Crippen LogP contribution in [0.15, 0.2) is 56.8 Å². The molecule has 2 aromatic rings. The van der Waals surface area contributed by atoms with Gasteiger partial charge in [0.1, 0.15) is 27.9 Å². The highest BCUT2D eigenvalue weighted by molar-refractivity contribution is 6.56. The molecule has 0 amide bonds. The van der Waals surface area contributed by atoms with Crippen molar-refractivity contribution in [1.82, 2.24) is 4.98 Å². The second-order valence-corrected chi connectivity index (χ2v) is 9.54. The van der Waals surface area contributed by atoms with Gasteiger partial charge in [0.15, 0.2) is 5.75 Å². The van der Waals surface area contributed by atoms with E-state index < -0.39 is 0 Å². The Labute approximate surface area is 234 Å². The minimum absolute atomic E-state index is 0.120. The maximum absolute atomic E-state index is 6.26. The quantitative estimate of drug-likeness (QED) is 0.117. The Hall–Kier alpha value is -1.54. The highest BCUT2D eigenvalue weighted by atomic mass is 35.5. The molecule has 6 nitrogen and oxygen atoms in total. The molecule has 35 heavy (non-hydrogen) atoms. The Kier molecular flexibility index (Phi) is 14.4. The van der Waals surface area contributed by atoms with Crippen LogP contribution in [0.1, 0.15) is 18.4 Å². The van der Waals surface area contributed by atoms with E-state index in [0.29, 0.717) is 47.1 Å². The summed E-state index contributed by atoms with van der Waals surface area (Å²) in [5.74, 6) is 1.42. The van der Waals surface area contributed by atoms with Crippen molar-refractivity contribution in [2.45, 2.75) is 19.3 Å². The summed E-state index contributed by atoms with van der Waals surface area (Å²) in [5, 5.41) is 4.50. The van der Waals surface area contributed by atoms with Crippen molar-refractivity contribution in [1.29, 1.82) is 0 Å². The molecule has 1 aromatic carbocycles. The molecule has 1 aromatic heterocycles. The van der Waals surface area contributed by atoms with E-state index in [9.17, 15) is 0 Å². The Bertz CT molecular complexity index is 985. The molecule has 0 unspecified atom stereocenters. The van der Waals surface area contributed by atoms with Crippen molar-refractivity contribution in [3.05, 3.63) is 67.2 Å². The van der Waals surface area contributed by atoms with Gasteiger partial charge in [0.25, 0.3) is 0 Å². The second kappa shape index (κ2) is 17.0. The van der Waals surface area contributed by atoms with Gasteiger partial charge in [0, 0.05) is 37.0 Å². The Morgan fingerprint density at radius 3 is 2.14 bits per heavy atom. The molecule has 0 bridgehead atoms. The van der Waals surface area contributed by atoms with Crippen molar-refractivity contribution in [3.63, 3.8) is 0 Å². The van der Waals surface area contributed by atoms with Gasteiger partial charge < -0.3 is 19.0 Å². The van der Waals surface area contributed by atoms with Crippen molar-refractivity contribution < 1.29 is 19.0 Å². The van der Waals surface area contributed by atoms with E-state index in [1.54, 1.807) is 30.6 Å². The number of halogens is 6. The second-order valence-electron chi connectivity index (χ2n) is 6.71. The lowest BCUT2D eigenvalue weighted by molar-refractivity contribution is 0.176. The summed E-state index contributed by atoms with van der Waals surface area (Å²) >= 11 is 34.6. The van der Waals surface area contributed by atoms with Crippen LogP contribution in [-0.4, -0.2) is 37.6 Å². The van der Waals surface area contributed by atoms with E-state index in [1.165, 1.54) is 12.2 Å². The van der Waals surface area contributed by atoms with Gasteiger partial charge in [0.2, 0.25) is 5.88 Å². The van der Waals surface area contributed by atoms with E-state index in [-0.39, 0.29) is 22.2 Å². The zero-order valence-corrected chi connectivity index (χ0v) is 22.9. The molecule has 0 aliphatic carbocycles. The standard InChI is InChI=1S/C23H22Cl6N2O4/c24-18-13-17(32-11-6-20(26)27)14-19(25)23(18)34-10-2-1-9-33-22-4-3-16(15-30-22)5-8-31-35-12-7-21(28)29/h3-4,6-8,13-15H,1-2,5,9-12H2. The molecule has 0 radical (unpaired) electrons. The number of oxime groups is 1. The molecular formula is C23H22Cl6N2O4. The smallest absolute Gasteiger partial charge is 0.213 e. The summed E-state index contributed by atoms with van der Waals surface area (Å²) < 4.78 is 17.1. The SMILES string of the molecule is ClC(Cl)=CCON=CCc1ccc(OCCCCOc2c(Cl)cc(OCC=C(Cl)Cl)cc2Cl)nc1. The molecule has 0 fully saturated rings. The molecule has 0 atom stereocenters. The van der Waals surface area contributed by atoms with E-state index in [0.717, 1.165) is 18.4 Å². The number of ether oxygens (including phenoxy) is 3. The fourth-order valence-electron chi connectivity index (χ4n) is 2.47. The number of nitrogens with zero attached hydrogens (tertiary/aromatic N) is 2. The van der Waals surface area contributed by atoms with Crippen LogP contribution in [0.5, 0.6) is 17.4 Å². The number of benzene rings is 1. The summed E-state index contributed by atoms with van der Waals surface area (Å²) in [5.41, 5.74) is 0.966. The first-order valence-corrected chi connectivity index (χ1v) is 12.6. The number of rotatable bonds is 15. The Morgan fingerprint density at radius 1 is 0.857 bits per heavy atom. The lowest BCUT2D eigenvalue weighted by Gasteiger charge is -2.12. The first-order valence-electron chi connectivity index (χ1n) is 10.3. The number of aromatic nitrogens is 1. The molecule has 0 spiro atoms. The lowest BCUT2D eigenvalue weighted by atomic mass is 10.2. The molecule has 1 heterocycles. The maximum atomic E-state index is 6.26. The zero-order valence-electron chi connectivity index (χ0n) is 18.4. The molecule has 0 saturated heterocycles. The van der Waals surface area contributed by atoms with Gasteiger partial charge in [-0.3, -0.25) is 0 Å². The van der Waals surface area contributed by atoms with Crippen LogP contribution in [-0.2, 0) is 11.3 Å². The zero-order chi connectivity index (χ0) is 25.5. The molecule has 190 valence electrons. The van der Waals surface area contributed by atoms with Crippen molar-refractivity contribution in [2.24, 2.45) is 5.16 Å². The van der Waals surface area contributed by atoms with Crippen LogP contribution in [0.2, 0.25) is 10.0 Å². The normalized spacial score (nSPS) is 10.7. The van der Waals surface area contributed by atoms with Crippen LogP contribution >= 0.6 is 69.6 Å². The minimum atomic E-state index is 0.120. The molecule has 0 aliphatic heterocycles. The molecule has 0 N–H and O–H groups in total. The fourth-order valence-corrected chi connectivity index (χ4v) is 3.30. The summed E-state index contributed by atoms with van der Waals surface area (Å²) in [6, 6.07) is 6.94. The minimum Gasteiger partial charge on any atom is -0.490 e. The molecule has 2 rings (SSSR count). The largest absolute Gasteiger partial charge is 0.490 e. The maximum Gasteiger partial charge on any atom is 0.213 e. The predicted octanol–water partition coefficient (Wildman–Crippen LogP) is 8.19. The molecule has 0 saturated carbocycles. The van der Waals surface area contributed by atoms with Crippen molar-refractivity contribution in [2.75, 3.05) is 26.4 Å². The molecule has 12 heteroatoms. The monoisotopic (exact) mass is 600 g/mol. The van der Waals surface area contributed by atoms with Gasteiger partial charge in [-0.05, 0) is 30.6 Å². The number of hydrogen-bond donors (Lipinski definition) is 0.